The Morgan fingerprint density at radius 1 is 1.39 bits per heavy atom. The first-order chi connectivity index (χ1) is 7.93. The molecule has 0 atom stereocenters. The second-order valence-corrected chi connectivity index (χ2v) is 6.93. The molecule has 108 valence electrons. The number of nitrogens with zero attached hydrogens (tertiary/aromatic N) is 2. The van der Waals surface area contributed by atoms with Crippen molar-refractivity contribution < 1.29 is 13.2 Å². The van der Waals surface area contributed by atoms with Crippen molar-refractivity contribution in [3.63, 3.8) is 0 Å². The maximum Gasteiger partial charge on any atom is 0.191 e. The largest absolute Gasteiger partial charge is 0.378 e. The number of sulfone groups is 1. The smallest absolute Gasteiger partial charge is 0.191 e. The molecule has 1 fully saturated rings. The van der Waals surface area contributed by atoms with E-state index in [-0.39, 0.29) is 41.5 Å². The van der Waals surface area contributed by atoms with Crippen molar-refractivity contribution >= 4 is 39.8 Å². The van der Waals surface area contributed by atoms with E-state index in [0.717, 1.165) is 0 Å². The number of hydrogen-bond acceptors (Lipinski definition) is 4. The summed E-state index contributed by atoms with van der Waals surface area (Å²) in [5.74, 6) is 0.461. The summed E-state index contributed by atoms with van der Waals surface area (Å²) < 4.78 is 28.3. The molecular weight excluding hydrogens is 369 g/mol. The molecule has 1 saturated heterocycles. The molecule has 8 heteroatoms. The molecule has 2 N–H and O–H groups in total. The van der Waals surface area contributed by atoms with E-state index >= 15 is 0 Å². The third kappa shape index (κ3) is 5.70. The van der Waals surface area contributed by atoms with Crippen LogP contribution in [0, 0.1) is 0 Å². The minimum Gasteiger partial charge on any atom is -0.378 e. The van der Waals surface area contributed by atoms with Gasteiger partial charge in [-0.15, -0.1) is 24.0 Å². The average molecular weight is 391 g/mol. The Morgan fingerprint density at radius 3 is 2.44 bits per heavy atom. The molecule has 0 bridgehead atoms. The van der Waals surface area contributed by atoms with Crippen LogP contribution in [-0.2, 0) is 14.6 Å². The fraction of sp³-hybridized carbons (Fsp3) is 0.900. The van der Waals surface area contributed by atoms with Gasteiger partial charge in [-0.25, -0.2) is 8.42 Å². The summed E-state index contributed by atoms with van der Waals surface area (Å²) >= 11 is 0. The lowest BCUT2D eigenvalue weighted by Gasteiger charge is -2.27. The summed E-state index contributed by atoms with van der Waals surface area (Å²) in [6.45, 7) is 6.28. The second-order valence-electron chi connectivity index (χ2n) is 4.26. The Balaban J connectivity index is 0.00000289. The van der Waals surface area contributed by atoms with Crippen LogP contribution < -0.4 is 5.73 Å². The molecular formula is C10H22IN3O3S. The third-order valence-corrected chi connectivity index (χ3v) is 4.89. The van der Waals surface area contributed by atoms with Crippen LogP contribution in [0.25, 0.3) is 0 Å². The number of ether oxygens (including phenoxy) is 1. The molecule has 0 amide bonds. The molecule has 0 aliphatic carbocycles. The molecule has 0 radical (unpaired) electrons. The Kier molecular flexibility index (Phi) is 8.11. The van der Waals surface area contributed by atoms with Crippen molar-refractivity contribution in [3.8, 4) is 0 Å². The van der Waals surface area contributed by atoms with E-state index in [1.54, 1.807) is 13.8 Å². The van der Waals surface area contributed by atoms with Crippen LogP contribution in [0.15, 0.2) is 4.99 Å². The first-order valence-corrected chi connectivity index (χ1v) is 7.49. The molecule has 1 heterocycles. The van der Waals surface area contributed by atoms with Crippen LogP contribution in [0.1, 0.15) is 13.8 Å². The van der Waals surface area contributed by atoms with Crippen molar-refractivity contribution in [1.29, 1.82) is 0 Å². The second kappa shape index (κ2) is 8.16. The van der Waals surface area contributed by atoms with Gasteiger partial charge in [-0.3, -0.25) is 4.99 Å². The predicted molar refractivity (Wildman–Crippen MR) is 83.2 cm³/mol. The number of hydrogen-bond donors (Lipinski definition) is 1. The van der Waals surface area contributed by atoms with Crippen molar-refractivity contribution in [2.45, 2.75) is 19.1 Å². The van der Waals surface area contributed by atoms with Gasteiger partial charge in [0.05, 0.1) is 30.8 Å². The molecule has 1 aliphatic rings. The molecule has 0 aromatic heterocycles. The third-order valence-electron chi connectivity index (χ3n) is 2.70. The van der Waals surface area contributed by atoms with Crippen LogP contribution in [0.5, 0.6) is 0 Å². The minimum atomic E-state index is -3.03. The highest BCUT2D eigenvalue weighted by Crippen LogP contribution is 2.01. The Morgan fingerprint density at radius 2 is 1.94 bits per heavy atom. The van der Waals surface area contributed by atoms with Gasteiger partial charge in [0.15, 0.2) is 15.8 Å². The summed E-state index contributed by atoms with van der Waals surface area (Å²) in [7, 11) is -3.03. The zero-order valence-corrected chi connectivity index (χ0v) is 14.0. The van der Waals surface area contributed by atoms with E-state index in [9.17, 15) is 8.42 Å². The monoisotopic (exact) mass is 391 g/mol. The topological polar surface area (TPSA) is 85.0 Å². The lowest BCUT2D eigenvalue weighted by molar-refractivity contribution is 0.0674. The predicted octanol–water partition coefficient (Wildman–Crippen LogP) is 0.0745. The Bertz CT molecular complexity index is 365. The maximum absolute atomic E-state index is 11.5. The zero-order chi connectivity index (χ0) is 12.9. The van der Waals surface area contributed by atoms with E-state index < -0.39 is 9.84 Å². The van der Waals surface area contributed by atoms with Crippen LogP contribution in [-0.4, -0.2) is 63.1 Å². The molecule has 1 rings (SSSR count). The van der Waals surface area contributed by atoms with Crippen LogP contribution >= 0.6 is 24.0 Å². The summed E-state index contributed by atoms with van der Waals surface area (Å²) in [5.41, 5.74) is 5.78. The van der Waals surface area contributed by atoms with Crippen molar-refractivity contribution in [2.24, 2.45) is 10.7 Å². The number of morpholine rings is 1. The minimum absolute atomic E-state index is 0. The first kappa shape index (κ1) is 17.9. The van der Waals surface area contributed by atoms with E-state index in [1.807, 2.05) is 4.90 Å². The number of guanidine groups is 1. The number of rotatable bonds is 4. The summed E-state index contributed by atoms with van der Waals surface area (Å²) in [4.78, 5) is 6.01. The standard InChI is InChI=1S/C10H21N3O3S.HI/c1-9(2)17(14,15)8-3-12-10(11)13-4-6-16-7-5-13;/h9H,3-8H2,1-2H3,(H2,11,12);1H. The Hall–Kier alpha value is -0.0900. The van der Waals surface area contributed by atoms with E-state index in [2.05, 4.69) is 4.99 Å². The summed E-state index contributed by atoms with van der Waals surface area (Å²) in [6.07, 6.45) is 0. The molecule has 0 aromatic carbocycles. The van der Waals surface area contributed by atoms with Gasteiger partial charge in [0.2, 0.25) is 0 Å². The van der Waals surface area contributed by atoms with Crippen molar-refractivity contribution in [2.75, 3.05) is 38.6 Å². The van der Waals surface area contributed by atoms with Gasteiger partial charge in [-0.2, -0.15) is 0 Å². The molecule has 0 unspecified atom stereocenters. The van der Waals surface area contributed by atoms with Crippen molar-refractivity contribution in [1.82, 2.24) is 4.90 Å². The lowest BCUT2D eigenvalue weighted by atomic mass is 10.4. The highest BCUT2D eigenvalue weighted by molar-refractivity contribution is 14.0. The normalized spacial score (nSPS) is 17.7. The number of halogens is 1. The van der Waals surface area contributed by atoms with Gasteiger partial charge in [0, 0.05) is 13.1 Å². The summed E-state index contributed by atoms with van der Waals surface area (Å²) in [6, 6.07) is 0. The van der Waals surface area contributed by atoms with Crippen molar-refractivity contribution in [3.05, 3.63) is 0 Å². The number of aliphatic imine (C=N–C) groups is 1. The maximum atomic E-state index is 11.5. The highest BCUT2D eigenvalue weighted by atomic mass is 127. The SMILES string of the molecule is CC(C)S(=O)(=O)CCN=C(N)N1CCOCC1.I. The molecule has 18 heavy (non-hydrogen) atoms. The van der Waals surface area contributed by atoms with Crippen LogP contribution in [0.3, 0.4) is 0 Å². The zero-order valence-electron chi connectivity index (χ0n) is 10.8. The molecule has 0 spiro atoms. The lowest BCUT2D eigenvalue weighted by Crippen LogP contribution is -2.45. The van der Waals surface area contributed by atoms with Gasteiger partial charge in [-0.1, -0.05) is 0 Å². The van der Waals surface area contributed by atoms with Crippen LogP contribution in [0.2, 0.25) is 0 Å². The van der Waals surface area contributed by atoms with Gasteiger partial charge < -0.3 is 15.4 Å². The van der Waals surface area contributed by atoms with E-state index in [4.69, 9.17) is 10.5 Å². The fourth-order valence-electron chi connectivity index (χ4n) is 1.42. The average Bonchev–Trinajstić information content (AvgIpc) is 2.29. The molecule has 0 aromatic rings. The van der Waals surface area contributed by atoms with Crippen LogP contribution in [0.4, 0.5) is 0 Å². The quantitative estimate of drug-likeness (QED) is 0.417. The number of nitrogens with two attached hydrogens (primary N) is 1. The fourth-order valence-corrected chi connectivity index (χ4v) is 2.23. The van der Waals surface area contributed by atoms with Gasteiger partial charge in [0.25, 0.3) is 0 Å². The van der Waals surface area contributed by atoms with Gasteiger partial charge in [0.1, 0.15) is 0 Å². The Labute approximate surface area is 126 Å². The molecule has 6 nitrogen and oxygen atoms in total. The van der Waals surface area contributed by atoms with E-state index in [0.29, 0.717) is 32.3 Å². The highest BCUT2D eigenvalue weighted by Gasteiger charge is 2.16. The van der Waals surface area contributed by atoms with Gasteiger partial charge in [-0.05, 0) is 13.8 Å². The summed E-state index contributed by atoms with van der Waals surface area (Å²) in [5, 5.41) is -0.359. The van der Waals surface area contributed by atoms with Gasteiger partial charge >= 0.3 is 0 Å². The molecule has 0 saturated carbocycles. The first-order valence-electron chi connectivity index (χ1n) is 5.77. The van der Waals surface area contributed by atoms with E-state index in [1.165, 1.54) is 0 Å². The molecule has 1 aliphatic heterocycles.